The third kappa shape index (κ3) is 2.06. The molecule has 0 aromatic rings. The molecule has 1 aliphatic heterocycles. The van der Waals surface area contributed by atoms with Gasteiger partial charge in [0.05, 0.1) is 20.1 Å². The second kappa shape index (κ2) is 3.70. The second-order valence-electron chi connectivity index (χ2n) is 3.45. The lowest BCUT2D eigenvalue weighted by Crippen LogP contribution is -2.43. The third-order valence-electron chi connectivity index (χ3n) is 2.35. The molecule has 3 nitrogen and oxygen atoms in total. The summed E-state index contributed by atoms with van der Waals surface area (Å²) in [5, 5.41) is 0. The van der Waals surface area contributed by atoms with E-state index in [1.807, 2.05) is 0 Å². The lowest BCUT2D eigenvalue weighted by Gasteiger charge is -2.22. The van der Waals surface area contributed by atoms with Crippen LogP contribution in [0.5, 0.6) is 0 Å². The Kier molecular flexibility index (Phi) is 2.84. The molecular formula is C9H17N2O+. The van der Waals surface area contributed by atoms with Crippen LogP contribution < -0.4 is 0 Å². The Morgan fingerprint density at radius 1 is 1.67 bits per heavy atom. The van der Waals surface area contributed by atoms with E-state index in [9.17, 15) is 4.79 Å². The van der Waals surface area contributed by atoms with Gasteiger partial charge in [-0.15, -0.1) is 0 Å². The molecule has 0 unspecified atom stereocenters. The van der Waals surface area contributed by atoms with Crippen molar-refractivity contribution in [2.75, 3.05) is 26.7 Å². The molecule has 1 rings (SSSR count). The fourth-order valence-electron chi connectivity index (χ4n) is 1.53. The Morgan fingerprint density at radius 3 is 2.92 bits per heavy atom. The molecule has 0 aromatic heterocycles. The molecule has 0 aliphatic carbocycles. The third-order valence-corrected chi connectivity index (χ3v) is 2.35. The molecule has 0 atom stereocenters. The summed E-state index contributed by atoms with van der Waals surface area (Å²) in [4.78, 5) is 13.0. The molecule has 0 aromatic carbocycles. The average molecular weight is 169 g/mol. The molecule has 0 saturated carbocycles. The molecule has 1 aliphatic rings. The average Bonchev–Trinajstić information content (AvgIpc) is 1.98. The molecule has 3 heteroatoms. The van der Waals surface area contributed by atoms with E-state index in [1.165, 1.54) is 5.84 Å². The van der Waals surface area contributed by atoms with Gasteiger partial charge in [0.25, 0.3) is 0 Å². The number of hydrogen-bond donors (Lipinski definition) is 0. The highest BCUT2D eigenvalue weighted by atomic mass is 16.1. The molecule has 0 amide bonds. The van der Waals surface area contributed by atoms with Gasteiger partial charge in [-0.2, -0.15) is 0 Å². The first-order chi connectivity index (χ1) is 5.61. The Bertz CT molecular complexity index is 221. The van der Waals surface area contributed by atoms with Gasteiger partial charge in [-0.05, 0) is 6.92 Å². The first kappa shape index (κ1) is 9.23. The van der Waals surface area contributed by atoms with Crippen LogP contribution in [0.4, 0.5) is 0 Å². The molecule has 1 heterocycles. The lowest BCUT2D eigenvalue weighted by molar-refractivity contribution is -0.509. The van der Waals surface area contributed by atoms with Crippen molar-refractivity contribution in [2.45, 2.75) is 20.3 Å². The highest BCUT2D eigenvalue weighted by Gasteiger charge is 2.22. The van der Waals surface area contributed by atoms with E-state index in [1.54, 1.807) is 6.92 Å². The topological polar surface area (TPSA) is 23.3 Å². The van der Waals surface area contributed by atoms with Crippen LogP contribution in [-0.2, 0) is 4.79 Å². The van der Waals surface area contributed by atoms with Crippen LogP contribution in [0.1, 0.15) is 20.3 Å². The molecule has 0 bridgehead atoms. The van der Waals surface area contributed by atoms with Gasteiger partial charge in [-0.3, -0.25) is 14.3 Å². The Morgan fingerprint density at radius 2 is 2.33 bits per heavy atom. The van der Waals surface area contributed by atoms with Crippen LogP contribution >= 0.6 is 0 Å². The van der Waals surface area contributed by atoms with Crippen LogP contribution in [0, 0.1) is 0 Å². The minimum Gasteiger partial charge on any atom is -0.296 e. The fourth-order valence-corrected chi connectivity index (χ4v) is 1.53. The van der Waals surface area contributed by atoms with Crippen molar-refractivity contribution in [1.82, 2.24) is 4.90 Å². The van der Waals surface area contributed by atoms with Crippen LogP contribution in [0.25, 0.3) is 0 Å². The summed E-state index contributed by atoms with van der Waals surface area (Å²) >= 11 is 0. The van der Waals surface area contributed by atoms with E-state index in [-0.39, 0.29) is 5.78 Å². The van der Waals surface area contributed by atoms with Crippen LogP contribution in [0.3, 0.4) is 0 Å². The molecule has 0 spiro atoms. The maximum Gasteiger partial charge on any atom is 0.243 e. The second-order valence-corrected chi connectivity index (χ2v) is 3.45. The quantitative estimate of drug-likeness (QED) is 0.556. The number of nitrogens with zero attached hydrogens (tertiary/aromatic N) is 2. The van der Waals surface area contributed by atoms with Crippen LogP contribution in [0.2, 0.25) is 0 Å². The maximum absolute atomic E-state index is 10.9. The van der Waals surface area contributed by atoms with E-state index in [0.29, 0.717) is 6.54 Å². The Hall–Kier alpha value is -0.860. The summed E-state index contributed by atoms with van der Waals surface area (Å²) in [6, 6.07) is 0. The normalized spacial score (nSPS) is 18.4. The van der Waals surface area contributed by atoms with Gasteiger partial charge in [0.1, 0.15) is 6.54 Å². The number of Topliss-reactive ketones (excluding diaryl/α,β-unsaturated/α-hetero) is 1. The van der Waals surface area contributed by atoms with E-state index < -0.39 is 0 Å². The van der Waals surface area contributed by atoms with Crippen molar-refractivity contribution in [3.63, 3.8) is 0 Å². The Labute approximate surface area is 73.7 Å². The summed E-state index contributed by atoms with van der Waals surface area (Å²) in [7, 11) is 2.07. The van der Waals surface area contributed by atoms with Gasteiger partial charge in [-0.25, -0.2) is 0 Å². The molecule has 68 valence electrons. The van der Waals surface area contributed by atoms with Crippen molar-refractivity contribution in [2.24, 2.45) is 0 Å². The number of ketones is 1. The lowest BCUT2D eigenvalue weighted by atomic mass is 10.2. The van der Waals surface area contributed by atoms with E-state index in [2.05, 4.69) is 23.4 Å². The number of hydrogen-bond acceptors (Lipinski definition) is 2. The van der Waals surface area contributed by atoms with E-state index in [4.69, 9.17) is 0 Å². The minimum absolute atomic E-state index is 0.240. The molecule has 12 heavy (non-hydrogen) atoms. The molecule has 0 N–H and O–H groups in total. The number of carbonyl (C=O) groups excluding carboxylic acids is 1. The van der Waals surface area contributed by atoms with Crippen molar-refractivity contribution in [3.05, 3.63) is 0 Å². The molecule has 0 fully saturated rings. The number of amidine groups is 1. The zero-order valence-corrected chi connectivity index (χ0v) is 8.13. The van der Waals surface area contributed by atoms with E-state index in [0.717, 1.165) is 19.5 Å². The van der Waals surface area contributed by atoms with Crippen LogP contribution in [-0.4, -0.2) is 47.8 Å². The SMILES string of the molecule is CC(=O)CN1CCC[N+](C)=C1C. The number of rotatable bonds is 2. The van der Waals surface area contributed by atoms with Crippen LogP contribution in [0.15, 0.2) is 0 Å². The summed E-state index contributed by atoms with van der Waals surface area (Å²) < 4.78 is 2.20. The molecule has 0 saturated heterocycles. The van der Waals surface area contributed by atoms with Gasteiger partial charge in [0, 0.05) is 13.3 Å². The molecule has 0 radical (unpaired) electrons. The van der Waals surface area contributed by atoms with Gasteiger partial charge in [0.15, 0.2) is 5.78 Å². The zero-order chi connectivity index (χ0) is 9.14. The summed E-state index contributed by atoms with van der Waals surface area (Å²) in [6.07, 6.45) is 1.15. The predicted molar refractivity (Wildman–Crippen MR) is 48.6 cm³/mol. The largest absolute Gasteiger partial charge is 0.296 e. The summed E-state index contributed by atoms with van der Waals surface area (Å²) in [5.74, 6) is 1.46. The molecular weight excluding hydrogens is 152 g/mol. The monoisotopic (exact) mass is 169 g/mol. The van der Waals surface area contributed by atoms with Gasteiger partial charge >= 0.3 is 0 Å². The van der Waals surface area contributed by atoms with E-state index >= 15 is 0 Å². The summed E-state index contributed by atoms with van der Waals surface area (Å²) in [6.45, 7) is 6.41. The predicted octanol–water partition coefficient (Wildman–Crippen LogP) is 0.342. The number of carbonyl (C=O) groups is 1. The Balaban J connectivity index is 2.65. The maximum atomic E-state index is 10.9. The first-order valence-electron chi connectivity index (χ1n) is 4.40. The minimum atomic E-state index is 0.240. The fraction of sp³-hybridized carbons (Fsp3) is 0.778. The van der Waals surface area contributed by atoms with Gasteiger partial charge < -0.3 is 0 Å². The van der Waals surface area contributed by atoms with Crippen molar-refractivity contribution in [3.8, 4) is 0 Å². The van der Waals surface area contributed by atoms with Crippen molar-refractivity contribution < 1.29 is 9.37 Å². The van der Waals surface area contributed by atoms with Gasteiger partial charge in [0.2, 0.25) is 5.84 Å². The van der Waals surface area contributed by atoms with Gasteiger partial charge in [-0.1, -0.05) is 0 Å². The zero-order valence-electron chi connectivity index (χ0n) is 8.13. The highest BCUT2D eigenvalue weighted by Crippen LogP contribution is 2.01. The highest BCUT2D eigenvalue weighted by molar-refractivity contribution is 5.84. The smallest absolute Gasteiger partial charge is 0.243 e. The summed E-state index contributed by atoms with van der Waals surface area (Å²) in [5.41, 5.74) is 0. The van der Waals surface area contributed by atoms with Crippen molar-refractivity contribution >= 4 is 11.6 Å². The van der Waals surface area contributed by atoms with Crippen molar-refractivity contribution in [1.29, 1.82) is 0 Å². The first-order valence-corrected chi connectivity index (χ1v) is 4.40. The standard InChI is InChI=1S/C9H17N2O/c1-8(12)7-11-6-4-5-10(3)9(11)2/h4-7H2,1-3H3/q+1.